The molecule has 0 spiro atoms. The largest absolute Gasteiger partial charge is 0.320 e. The second-order valence-corrected chi connectivity index (χ2v) is 5.52. The Morgan fingerprint density at radius 2 is 2.11 bits per heavy atom. The van der Waals surface area contributed by atoms with Crippen LogP contribution in [0.2, 0.25) is 0 Å². The van der Waals surface area contributed by atoms with Crippen LogP contribution in [-0.4, -0.2) is 10.9 Å². The molecule has 0 saturated heterocycles. The number of carbonyl (C=O) groups excluding carboxylic acids is 1. The first kappa shape index (κ1) is 13.4. The van der Waals surface area contributed by atoms with Crippen LogP contribution in [0.25, 0.3) is 0 Å². The highest BCUT2D eigenvalue weighted by atomic mass is 127. The minimum Gasteiger partial charge on any atom is -0.320 e. The van der Waals surface area contributed by atoms with Crippen molar-refractivity contribution in [2.24, 2.45) is 0 Å². The van der Waals surface area contributed by atoms with Crippen molar-refractivity contribution >= 4 is 50.1 Å². The molecule has 1 heterocycles. The molecule has 3 nitrogen and oxygen atoms in total. The number of anilines is 1. The monoisotopic (exact) mass is 420 g/mol. The van der Waals surface area contributed by atoms with E-state index in [4.69, 9.17) is 0 Å². The minimum atomic E-state index is -0.334. The van der Waals surface area contributed by atoms with E-state index >= 15 is 0 Å². The van der Waals surface area contributed by atoms with Gasteiger partial charge in [0.1, 0.15) is 11.5 Å². The lowest BCUT2D eigenvalue weighted by Gasteiger charge is -2.06. The first-order chi connectivity index (χ1) is 8.56. The number of benzene rings is 1. The molecule has 18 heavy (non-hydrogen) atoms. The van der Waals surface area contributed by atoms with Gasteiger partial charge >= 0.3 is 0 Å². The third-order valence-corrected chi connectivity index (χ3v) is 3.50. The highest BCUT2D eigenvalue weighted by Crippen LogP contribution is 2.19. The number of hydrogen-bond donors (Lipinski definition) is 1. The molecule has 0 radical (unpaired) electrons. The highest BCUT2D eigenvalue weighted by molar-refractivity contribution is 14.1. The van der Waals surface area contributed by atoms with Gasteiger partial charge in [-0.2, -0.15) is 0 Å². The molecule has 0 aliphatic rings. The number of aromatic nitrogens is 1. The molecule has 2 aromatic rings. The zero-order valence-electron chi connectivity index (χ0n) is 8.95. The van der Waals surface area contributed by atoms with Gasteiger partial charge in [0.15, 0.2) is 0 Å². The SMILES string of the molecule is O=C(Nc1ccc(F)cc1I)c1ccc(Br)cn1. The van der Waals surface area contributed by atoms with Crippen LogP contribution in [0, 0.1) is 9.39 Å². The summed E-state index contributed by atoms with van der Waals surface area (Å²) in [5, 5.41) is 2.68. The quantitative estimate of drug-likeness (QED) is 0.750. The summed E-state index contributed by atoms with van der Waals surface area (Å²) in [7, 11) is 0. The Hall–Kier alpha value is -1.02. The van der Waals surface area contributed by atoms with Crippen molar-refractivity contribution in [1.29, 1.82) is 0 Å². The second kappa shape index (κ2) is 5.75. The first-order valence-corrected chi connectivity index (χ1v) is 6.81. The number of nitrogens with zero attached hydrogens (tertiary/aromatic N) is 1. The van der Waals surface area contributed by atoms with Crippen LogP contribution < -0.4 is 5.32 Å². The molecule has 0 atom stereocenters. The summed E-state index contributed by atoms with van der Waals surface area (Å²) in [6.07, 6.45) is 1.55. The van der Waals surface area contributed by atoms with Crippen LogP contribution in [0.15, 0.2) is 41.0 Å². The molecule has 1 aromatic carbocycles. The number of hydrogen-bond acceptors (Lipinski definition) is 2. The Balaban J connectivity index is 2.18. The zero-order valence-corrected chi connectivity index (χ0v) is 12.7. The average Bonchev–Trinajstić information content (AvgIpc) is 2.33. The van der Waals surface area contributed by atoms with E-state index in [9.17, 15) is 9.18 Å². The van der Waals surface area contributed by atoms with Crippen molar-refractivity contribution < 1.29 is 9.18 Å². The van der Waals surface area contributed by atoms with E-state index in [1.807, 2.05) is 22.6 Å². The molecule has 1 aromatic heterocycles. The van der Waals surface area contributed by atoms with Crippen LogP contribution in [-0.2, 0) is 0 Å². The summed E-state index contributed by atoms with van der Waals surface area (Å²) in [5.74, 6) is -0.661. The summed E-state index contributed by atoms with van der Waals surface area (Å²) in [6.45, 7) is 0. The highest BCUT2D eigenvalue weighted by Gasteiger charge is 2.09. The Bertz CT molecular complexity index is 589. The van der Waals surface area contributed by atoms with E-state index < -0.39 is 0 Å². The molecule has 0 aliphatic heterocycles. The summed E-state index contributed by atoms with van der Waals surface area (Å²) in [6, 6.07) is 7.51. The molecule has 0 unspecified atom stereocenters. The van der Waals surface area contributed by atoms with Crippen molar-refractivity contribution in [3.63, 3.8) is 0 Å². The molecule has 1 amide bonds. The Morgan fingerprint density at radius 3 is 2.72 bits per heavy atom. The first-order valence-electron chi connectivity index (χ1n) is 4.94. The number of nitrogens with one attached hydrogen (secondary N) is 1. The van der Waals surface area contributed by atoms with Crippen LogP contribution in [0.4, 0.5) is 10.1 Å². The van der Waals surface area contributed by atoms with Crippen molar-refractivity contribution in [3.05, 3.63) is 56.1 Å². The lowest BCUT2D eigenvalue weighted by atomic mass is 10.3. The lowest BCUT2D eigenvalue weighted by molar-refractivity contribution is 0.102. The van der Waals surface area contributed by atoms with Crippen molar-refractivity contribution in [2.45, 2.75) is 0 Å². The molecule has 0 saturated carbocycles. The molecule has 0 fully saturated rings. The Labute approximate surface area is 125 Å². The van der Waals surface area contributed by atoms with E-state index in [0.29, 0.717) is 15.0 Å². The summed E-state index contributed by atoms with van der Waals surface area (Å²) in [4.78, 5) is 15.9. The predicted octanol–water partition coefficient (Wildman–Crippen LogP) is 3.84. The number of carbonyl (C=O) groups is 1. The van der Waals surface area contributed by atoms with Gasteiger partial charge in [-0.15, -0.1) is 0 Å². The maximum absolute atomic E-state index is 12.9. The number of amides is 1. The van der Waals surface area contributed by atoms with E-state index in [2.05, 4.69) is 26.2 Å². The predicted molar refractivity (Wildman–Crippen MR) is 79.0 cm³/mol. The van der Waals surface area contributed by atoms with Crippen molar-refractivity contribution in [2.75, 3.05) is 5.32 Å². The second-order valence-electron chi connectivity index (χ2n) is 3.44. The number of rotatable bonds is 2. The summed E-state index contributed by atoms with van der Waals surface area (Å²) < 4.78 is 14.4. The fourth-order valence-electron chi connectivity index (χ4n) is 1.29. The third kappa shape index (κ3) is 3.26. The van der Waals surface area contributed by atoms with Gasteiger partial charge < -0.3 is 5.32 Å². The number of pyridine rings is 1. The molecular formula is C12H7BrFIN2O. The van der Waals surface area contributed by atoms with E-state index in [0.717, 1.165) is 4.47 Å². The molecule has 92 valence electrons. The van der Waals surface area contributed by atoms with Crippen molar-refractivity contribution in [1.82, 2.24) is 4.98 Å². The van der Waals surface area contributed by atoms with Gasteiger partial charge in [-0.3, -0.25) is 4.79 Å². The normalized spacial score (nSPS) is 10.2. The maximum atomic E-state index is 12.9. The van der Waals surface area contributed by atoms with E-state index in [1.165, 1.54) is 18.2 Å². The summed E-state index contributed by atoms with van der Waals surface area (Å²) in [5.41, 5.74) is 0.866. The molecule has 0 aliphatic carbocycles. The smallest absolute Gasteiger partial charge is 0.274 e. The molecule has 0 bridgehead atoms. The van der Waals surface area contributed by atoms with Gasteiger partial charge in [-0.05, 0) is 68.9 Å². The van der Waals surface area contributed by atoms with Gasteiger partial charge in [0.25, 0.3) is 5.91 Å². The van der Waals surface area contributed by atoms with Gasteiger partial charge in [-0.25, -0.2) is 9.37 Å². The lowest BCUT2D eigenvalue weighted by Crippen LogP contribution is -2.14. The molecule has 1 N–H and O–H groups in total. The summed E-state index contributed by atoms with van der Waals surface area (Å²) >= 11 is 5.21. The van der Waals surface area contributed by atoms with Crippen LogP contribution in [0.3, 0.4) is 0 Å². The topological polar surface area (TPSA) is 42.0 Å². The van der Waals surface area contributed by atoms with Gasteiger partial charge in [0.05, 0.1) is 5.69 Å². The zero-order chi connectivity index (χ0) is 13.1. The van der Waals surface area contributed by atoms with E-state index in [-0.39, 0.29) is 11.7 Å². The average molecular weight is 421 g/mol. The number of halogens is 3. The van der Waals surface area contributed by atoms with Gasteiger partial charge in [-0.1, -0.05) is 0 Å². The minimum absolute atomic E-state index is 0.304. The van der Waals surface area contributed by atoms with Crippen molar-refractivity contribution in [3.8, 4) is 0 Å². The maximum Gasteiger partial charge on any atom is 0.274 e. The molecule has 2 rings (SSSR count). The standard InChI is InChI=1S/C12H7BrFIN2O/c13-7-1-3-11(16-6-7)12(18)17-10-4-2-8(14)5-9(10)15/h1-6H,(H,17,18). The fourth-order valence-corrected chi connectivity index (χ4v) is 2.13. The fraction of sp³-hybridized carbons (Fsp3) is 0. The van der Waals surface area contributed by atoms with Crippen LogP contribution >= 0.6 is 38.5 Å². The Morgan fingerprint density at radius 1 is 1.33 bits per heavy atom. The van der Waals surface area contributed by atoms with Gasteiger partial charge in [0, 0.05) is 14.2 Å². The van der Waals surface area contributed by atoms with E-state index in [1.54, 1.807) is 18.3 Å². The van der Waals surface area contributed by atoms with Crippen LogP contribution in [0.5, 0.6) is 0 Å². The third-order valence-electron chi connectivity index (χ3n) is 2.14. The van der Waals surface area contributed by atoms with Crippen LogP contribution in [0.1, 0.15) is 10.5 Å². The molecular weight excluding hydrogens is 414 g/mol. The molecule has 6 heteroatoms. The van der Waals surface area contributed by atoms with Gasteiger partial charge in [0.2, 0.25) is 0 Å². The Kier molecular flexibility index (Phi) is 4.28.